The third-order valence-corrected chi connectivity index (χ3v) is 5.69. The molecule has 0 aliphatic carbocycles. The van der Waals surface area contributed by atoms with Crippen molar-refractivity contribution in [3.8, 4) is 0 Å². The highest BCUT2D eigenvalue weighted by Gasteiger charge is 2.27. The zero-order valence-corrected chi connectivity index (χ0v) is 15.1. The number of piperidine rings is 1. The van der Waals surface area contributed by atoms with Crippen LogP contribution in [0.4, 0.5) is 0 Å². The number of β-amino-alcohol motifs (C(OH)–C–C–N with tert-alkyl or cyclic N) is 1. The fourth-order valence-electron chi connectivity index (χ4n) is 4.11. The summed E-state index contributed by atoms with van der Waals surface area (Å²) in [4.78, 5) is 12.0. The molecule has 2 fully saturated rings. The highest BCUT2D eigenvalue weighted by molar-refractivity contribution is 4.88. The Hall–Kier alpha value is -0.950. The molecule has 0 unspecified atom stereocenters. The highest BCUT2D eigenvalue weighted by atomic mass is 16.3. The monoisotopic (exact) mass is 335 g/mol. The van der Waals surface area contributed by atoms with Crippen LogP contribution in [0.1, 0.15) is 25.1 Å². The van der Waals surface area contributed by atoms with Crippen molar-refractivity contribution in [2.24, 2.45) is 0 Å². The Kier molecular flexibility index (Phi) is 6.66. The quantitative estimate of drug-likeness (QED) is 0.793. The van der Waals surface area contributed by atoms with Crippen molar-refractivity contribution < 1.29 is 5.11 Å². The molecule has 0 amide bonds. The largest absolute Gasteiger partial charge is 0.395 e. The number of likely N-dealkylation sites (tertiary alicyclic amines) is 1. The molecule has 1 aromatic rings. The molecule has 0 bridgehead atoms. The normalized spacial score (nSPS) is 22.2. The van der Waals surface area contributed by atoms with Crippen LogP contribution in [0.2, 0.25) is 0 Å². The summed E-state index contributed by atoms with van der Waals surface area (Å²) in [5, 5.41) is 9.04. The maximum Gasteiger partial charge on any atom is 0.105 e. The molecule has 2 aliphatic rings. The summed E-state index contributed by atoms with van der Waals surface area (Å²) in [6, 6.07) is 0.772. The van der Waals surface area contributed by atoms with Crippen LogP contribution in [0.15, 0.2) is 12.4 Å². The number of hydrogen-bond donors (Lipinski definition) is 1. The molecule has 0 spiro atoms. The lowest BCUT2D eigenvalue weighted by Crippen LogP contribution is -2.53. The van der Waals surface area contributed by atoms with Crippen molar-refractivity contribution in [3.05, 3.63) is 18.2 Å². The zero-order valence-electron chi connectivity index (χ0n) is 15.1. The minimum atomic E-state index is 0.289. The fraction of sp³-hybridized carbons (Fsp3) is 0.833. The number of piperazine rings is 1. The van der Waals surface area contributed by atoms with E-state index < -0.39 is 0 Å². The summed E-state index contributed by atoms with van der Waals surface area (Å²) < 4.78 is 2.25. The van der Waals surface area contributed by atoms with E-state index in [-0.39, 0.29) is 6.61 Å². The number of hydrogen-bond acceptors (Lipinski definition) is 5. The molecule has 2 saturated heterocycles. The van der Waals surface area contributed by atoms with Crippen molar-refractivity contribution in [2.75, 3.05) is 59.0 Å². The van der Waals surface area contributed by atoms with Crippen LogP contribution in [0, 0.1) is 6.92 Å². The summed E-state index contributed by atoms with van der Waals surface area (Å²) in [5.41, 5.74) is 0. The van der Waals surface area contributed by atoms with Gasteiger partial charge >= 0.3 is 0 Å². The number of aliphatic hydroxyl groups is 1. The van der Waals surface area contributed by atoms with E-state index in [0.29, 0.717) is 0 Å². The van der Waals surface area contributed by atoms with Gasteiger partial charge in [0.15, 0.2) is 0 Å². The maximum absolute atomic E-state index is 9.04. The molecule has 0 aromatic carbocycles. The van der Waals surface area contributed by atoms with E-state index in [2.05, 4.69) is 37.4 Å². The minimum Gasteiger partial charge on any atom is -0.395 e. The van der Waals surface area contributed by atoms with Crippen LogP contribution in [0.25, 0.3) is 0 Å². The van der Waals surface area contributed by atoms with Gasteiger partial charge in [0.05, 0.1) is 6.61 Å². The van der Waals surface area contributed by atoms with Crippen molar-refractivity contribution >= 4 is 0 Å². The Morgan fingerprint density at radius 3 is 2.33 bits per heavy atom. The first-order valence-corrected chi connectivity index (χ1v) is 9.53. The minimum absolute atomic E-state index is 0.289. The predicted molar refractivity (Wildman–Crippen MR) is 96.1 cm³/mol. The Labute approximate surface area is 146 Å². The van der Waals surface area contributed by atoms with Gasteiger partial charge in [-0.15, -0.1) is 0 Å². The molecule has 24 heavy (non-hydrogen) atoms. The number of aryl methyl sites for hydroxylation is 2. The number of nitrogens with zero attached hydrogens (tertiary/aromatic N) is 5. The van der Waals surface area contributed by atoms with Crippen LogP contribution in [-0.2, 0) is 6.54 Å². The molecule has 0 atom stereocenters. The summed E-state index contributed by atoms with van der Waals surface area (Å²) in [6.45, 7) is 12.5. The summed E-state index contributed by atoms with van der Waals surface area (Å²) in [5.74, 6) is 1.12. The SMILES string of the molecule is Cc1nccn1CCCN1CCC(N2CCN(CCO)CC2)CC1. The van der Waals surface area contributed by atoms with Gasteiger partial charge in [0.1, 0.15) is 5.82 Å². The zero-order chi connectivity index (χ0) is 16.8. The van der Waals surface area contributed by atoms with E-state index in [9.17, 15) is 0 Å². The summed E-state index contributed by atoms with van der Waals surface area (Å²) >= 11 is 0. The molecule has 0 radical (unpaired) electrons. The molecule has 136 valence electrons. The number of aromatic nitrogens is 2. The lowest BCUT2D eigenvalue weighted by Gasteiger charge is -2.42. The van der Waals surface area contributed by atoms with Crippen LogP contribution in [-0.4, -0.2) is 94.4 Å². The third-order valence-electron chi connectivity index (χ3n) is 5.69. The van der Waals surface area contributed by atoms with E-state index in [0.717, 1.165) is 38.0 Å². The van der Waals surface area contributed by atoms with E-state index in [1.54, 1.807) is 0 Å². The first kappa shape index (κ1) is 17.9. The molecule has 0 saturated carbocycles. The Morgan fingerprint density at radius 2 is 1.71 bits per heavy atom. The van der Waals surface area contributed by atoms with Crippen LogP contribution < -0.4 is 0 Å². The molecule has 1 aromatic heterocycles. The van der Waals surface area contributed by atoms with Gasteiger partial charge in [-0.25, -0.2) is 4.98 Å². The van der Waals surface area contributed by atoms with Crippen molar-refractivity contribution in [3.63, 3.8) is 0 Å². The Balaban J connectivity index is 1.32. The molecule has 6 nitrogen and oxygen atoms in total. The Morgan fingerprint density at radius 1 is 1.00 bits per heavy atom. The van der Waals surface area contributed by atoms with E-state index in [1.807, 2.05) is 6.20 Å². The average molecular weight is 335 g/mol. The lowest BCUT2D eigenvalue weighted by atomic mass is 10.0. The predicted octanol–water partition coefficient (Wildman–Crippen LogP) is 0.656. The molecular formula is C18H33N5O. The first-order chi connectivity index (χ1) is 11.8. The Bertz CT molecular complexity index is 476. The molecule has 6 heteroatoms. The number of aliphatic hydroxyl groups excluding tert-OH is 1. The maximum atomic E-state index is 9.04. The van der Waals surface area contributed by atoms with Gasteiger partial charge in [-0.05, 0) is 45.8 Å². The third kappa shape index (κ3) is 4.79. The first-order valence-electron chi connectivity index (χ1n) is 9.53. The van der Waals surface area contributed by atoms with Crippen molar-refractivity contribution in [1.82, 2.24) is 24.3 Å². The van der Waals surface area contributed by atoms with Crippen LogP contribution in [0.3, 0.4) is 0 Å². The molecule has 1 N–H and O–H groups in total. The van der Waals surface area contributed by atoms with Crippen LogP contribution >= 0.6 is 0 Å². The summed E-state index contributed by atoms with van der Waals surface area (Å²) in [6.07, 6.45) is 7.80. The molecular weight excluding hydrogens is 302 g/mol. The van der Waals surface area contributed by atoms with Gasteiger partial charge in [-0.3, -0.25) is 9.80 Å². The average Bonchev–Trinajstić information content (AvgIpc) is 3.02. The van der Waals surface area contributed by atoms with Gasteiger partial charge in [0, 0.05) is 57.7 Å². The second-order valence-electron chi connectivity index (χ2n) is 7.20. The topological polar surface area (TPSA) is 47.8 Å². The summed E-state index contributed by atoms with van der Waals surface area (Å²) in [7, 11) is 0. The lowest BCUT2D eigenvalue weighted by molar-refractivity contribution is 0.0527. The van der Waals surface area contributed by atoms with Gasteiger partial charge in [0.25, 0.3) is 0 Å². The molecule has 3 heterocycles. The molecule has 2 aliphatic heterocycles. The molecule has 3 rings (SSSR count). The van der Waals surface area contributed by atoms with Crippen LogP contribution in [0.5, 0.6) is 0 Å². The number of imidazole rings is 1. The van der Waals surface area contributed by atoms with E-state index in [1.165, 1.54) is 52.0 Å². The van der Waals surface area contributed by atoms with Crippen molar-refractivity contribution in [1.29, 1.82) is 0 Å². The van der Waals surface area contributed by atoms with Gasteiger partial charge in [-0.1, -0.05) is 0 Å². The van der Waals surface area contributed by atoms with Crippen molar-refractivity contribution in [2.45, 2.75) is 38.8 Å². The van der Waals surface area contributed by atoms with E-state index in [4.69, 9.17) is 5.11 Å². The standard InChI is InChI=1S/C18H33N5O/c1-17-19-5-10-22(17)7-2-6-20-8-3-18(4-9-20)23-13-11-21(12-14-23)15-16-24/h5,10,18,24H,2-4,6-9,11-16H2,1H3. The van der Waals surface area contributed by atoms with Gasteiger partial charge in [0.2, 0.25) is 0 Å². The van der Waals surface area contributed by atoms with Gasteiger partial charge < -0.3 is 14.6 Å². The second-order valence-corrected chi connectivity index (χ2v) is 7.20. The fourth-order valence-corrected chi connectivity index (χ4v) is 4.11. The number of rotatable bonds is 7. The smallest absolute Gasteiger partial charge is 0.105 e. The highest BCUT2D eigenvalue weighted by Crippen LogP contribution is 2.18. The van der Waals surface area contributed by atoms with Gasteiger partial charge in [-0.2, -0.15) is 0 Å². The van der Waals surface area contributed by atoms with E-state index >= 15 is 0 Å². The second kappa shape index (κ2) is 8.94.